The Balaban J connectivity index is 1.95. The molecule has 1 heterocycles. The van der Waals surface area contributed by atoms with E-state index in [4.69, 9.17) is 5.11 Å². The summed E-state index contributed by atoms with van der Waals surface area (Å²) in [6.45, 7) is 0.506. The Bertz CT molecular complexity index is 347. The molecule has 0 radical (unpaired) electrons. The van der Waals surface area contributed by atoms with Crippen molar-refractivity contribution in [1.82, 2.24) is 4.98 Å². The van der Waals surface area contributed by atoms with Crippen LogP contribution in [0.25, 0.3) is 0 Å². The van der Waals surface area contributed by atoms with Crippen molar-refractivity contribution in [2.75, 3.05) is 11.9 Å². The number of rotatable bonds is 4. The van der Waals surface area contributed by atoms with E-state index in [0.717, 1.165) is 24.9 Å². The van der Waals surface area contributed by atoms with Crippen molar-refractivity contribution in [2.24, 2.45) is 5.41 Å². The SMILES string of the molecule is O=C(O)C1(CNc2ccncc2)CCC1. The number of aliphatic carboxylic acids is 1. The molecular formula is C11H14N2O2. The first-order chi connectivity index (χ1) is 7.23. The second-order valence-electron chi connectivity index (χ2n) is 4.03. The van der Waals surface area contributed by atoms with Gasteiger partial charge in [0.2, 0.25) is 0 Å². The highest BCUT2D eigenvalue weighted by atomic mass is 16.4. The molecule has 0 unspecified atom stereocenters. The predicted octanol–water partition coefficient (Wildman–Crippen LogP) is 1.75. The number of nitrogens with one attached hydrogen (secondary N) is 1. The van der Waals surface area contributed by atoms with E-state index < -0.39 is 11.4 Å². The standard InChI is InChI=1S/C11H14N2O2/c14-10(15)11(4-1-5-11)8-13-9-2-6-12-7-3-9/h2-3,6-7H,1,4-5,8H2,(H,12,13)(H,14,15). The van der Waals surface area contributed by atoms with Crippen molar-refractivity contribution in [1.29, 1.82) is 0 Å². The monoisotopic (exact) mass is 206 g/mol. The van der Waals surface area contributed by atoms with E-state index in [1.807, 2.05) is 12.1 Å². The van der Waals surface area contributed by atoms with Gasteiger partial charge in [-0.25, -0.2) is 0 Å². The quantitative estimate of drug-likeness (QED) is 0.787. The van der Waals surface area contributed by atoms with Gasteiger partial charge < -0.3 is 10.4 Å². The van der Waals surface area contributed by atoms with Crippen molar-refractivity contribution in [3.05, 3.63) is 24.5 Å². The fraction of sp³-hybridized carbons (Fsp3) is 0.455. The van der Waals surface area contributed by atoms with Crippen molar-refractivity contribution in [2.45, 2.75) is 19.3 Å². The van der Waals surface area contributed by atoms with Gasteiger partial charge in [-0.3, -0.25) is 9.78 Å². The lowest BCUT2D eigenvalue weighted by Crippen LogP contribution is -2.43. The lowest BCUT2D eigenvalue weighted by Gasteiger charge is -2.37. The maximum atomic E-state index is 11.1. The summed E-state index contributed by atoms with van der Waals surface area (Å²) in [5.41, 5.74) is 0.390. The lowest BCUT2D eigenvalue weighted by molar-refractivity contribution is -0.153. The zero-order valence-electron chi connectivity index (χ0n) is 8.44. The number of pyridine rings is 1. The number of hydrogen-bond donors (Lipinski definition) is 2. The van der Waals surface area contributed by atoms with Crippen molar-refractivity contribution < 1.29 is 9.90 Å². The normalized spacial score (nSPS) is 17.9. The molecule has 15 heavy (non-hydrogen) atoms. The summed E-state index contributed by atoms with van der Waals surface area (Å²) < 4.78 is 0. The minimum absolute atomic E-state index is 0.506. The summed E-state index contributed by atoms with van der Waals surface area (Å²) in [6.07, 6.45) is 5.96. The maximum absolute atomic E-state index is 11.1. The topological polar surface area (TPSA) is 62.2 Å². The maximum Gasteiger partial charge on any atom is 0.311 e. The third-order valence-electron chi connectivity index (χ3n) is 3.08. The van der Waals surface area contributed by atoms with Crippen LogP contribution in [0.3, 0.4) is 0 Å². The minimum Gasteiger partial charge on any atom is -0.481 e. The first kappa shape index (κ1) is 9.96. The Morgan fingerprint density at radius 1 is 1.47 bits per heavy atom. The number of carboxylic acid groups (broad SMARTS) is 1. The molecule has 1 aromatic heterocycles. The minimum atomic E-state index is -0.685. The van der Waals surface area contributed by atoms with Gasteiger partial charge in [-0.2, -0.15) is 0 Å². The van der Waals surface area contributed by atoms with Crippen LogP contribution in [0.15, 0.2) is 24.5 Å². The van der Waals surface area contributed by atoms with Crippen LogP contribution < -0.4 is 5.32 Å². The van der Waals surface area contributed by atoms with Gasteiger partial charge >= 0.3 is 5.97 Å². The molecule has 0 saturated heterocycles. The molecule has 0 aromatic carbocycles. The van der Waals surface area contributed by atoms with Gasteiger partial charge in [-0.05, 0) is 25.0 Å². The molecule has 2 N–H and O–H groups in total. The molecule has 1 aromatic rings. The van der Waals surface area contributed by atoms with Gasteiger partial charge in [-0.15, -0.1) is 0 Å². The Hall–Kier alpha value is -1.58. The highest BCUT2D eigenvalue weighted by Crippen LogP contribution is 2.41. The third-order valence-corrected chi connectivity index (χ3v) is 3.08. The van der Waals surface area contributed by atoms with E-state index >= 15 is 0 Å². The number of nitrogens with zero attached hydrogens (tertiary/aromatic N) is 1. The summed E-state index contributed by atoms with van der Waals surface area (Å²) in [7, 11) is 0. The Labute approximate surface area is 88.3 Å². The zero-order chi connectivity index (χ0) is 10.7. The van der Waals surface area contributed by atoms with Crippen LogP contribution in [-0.2, 0) is 4.79 Å². The predicted molar refractivity (Wildman–Crippen MR) is 56.6 cm³/mol. The zero-order valence-corrected chi connectivity index (χ0v) is 8.44. The van der Waals surface area contributed by atoms with E-state index in [2.05, 4.69) is 10.3 Å². The highest BCUT2D eigenvalue weighted by molar-refractivity contribution is 5.76. The number of aromatic nitrogens is 1. The van der Waals surface area contributed by atoms with Gasteiger partial charge in [0.15, 0.2) is 0 Å². The molecule has 1 fully saturated rings. The van der Waals surface area contributed by atoms with E-state index in [1.54, 1.807) is 12.4 Å². The number of hydrogen-bond acceptors (Lipinski definition) is 3. The second-order valence-corrected chi connectivity index (χ2v) is 4.03. The molecule has 80 valence electrons. The van der Waals surface area contributed by atoms with Gasteiger partial charge in [0, 0.05) is 24.6 Å². The summed E-state index contributed by atoms with van der Waals surface area (Å²) >= 11 is 0. The molecule has 4 heteroatoms. The Kier molecular flexibility index (Phi) is 2.58. The first-order valence-corrected chi connectivity index (χ1v) is 5.10. The molecule has 4 nitrogen and oxygen atoms in total. The average Bonchev–Trinajstić information content (AvgIpc) is 2.17. The number of carbonyl (C=O) groups is 1. The number of carboxylic acids is 1. The van der Waals surface area contributed by atoms with Crippen LogP contribution in [0.1, 0.15) is 19.3 Å². The largest absolute Gasteiger partial charge is 0.481 e. The molecule has 1 aliphatic carbocycles. The Morgan fingerprint density at radius 3 is 2.60 bits per heavy atom. The summed E-state index contributed by atoms with van der Waals surface area (Å²) in [6, 6.07) is 3.68. The van der Waals surface area contributed by atoms with Gasteiger partial charge in [-0.1, -0.05) is 6.42 Å². The van der Waals surface area contributed by atoms with Crippen LogP contribution in [-0.4, -0.2) is 22.6 Å². The number of anilines is 1. The fourth-order valence-electron chi connectivity index (χ4n) is 1.81. The third kappa shape index (κ3) is 1.93. The molecule has 2 rings (SSSR count). The van der Waals surface area contributed by atoms with Gasteiger partial charge in [0.1, 0.15) is 0 Å². The first-order valence-electron chi connectivity index (χ1n) is 5.10. The molecule has 1 aliphatic rings. The van der Waals surface area contributed by atoms with Crippen LogP contribution in [0, 0.1) is 5.41 Å². The summed E-state index contributed by atoms with van der Waals surface area (Å²) in [5.74, 6) is -0.685. The average molecular weight is 206 g/mol. The molecule has 0 aliphatic heterocycles. The molecule has 0 atom stereocenters. The Morgan fingerprint density at radius 2 is 2.13 bits per heavy atom. The molecule has 1 saturated carbocycles. The van der Waals surface area contributed by atoms with Crippen LogP contribution in [0.2, 0.25) is 0 Å². The smallest absolute Gasteiger partial charge is 0.311 e. The van der Waals surface area contributed by atoms with E-state index in [-0.39, 0.29) is 0 Å². The van der Waals surface area contributed by atoms with E-state index in [9.17, 15) is 4.79 Å². The van der Waals surface area contributed by atoms with Crippen molar-refractivity contribution in [3.63, 3.8) is 0 Å². The van der Waals surface area contributed by atoms with Crippen LogP contribution in [0.4, 0.5) is 5.69 Å². The lowest BCUT2D eigenvalue weighted by atomic mass is 9.69. The van der Waals surface area contributed by atoms with Gasteiger partial charge in [0.25, 0.3) is 0 Å². The van der Waals surface area contributed by atoms with Crippen LogP contribution in [0.5, 0.6) is 0 Å². The van der Waals surface area contributed by atoms with Crippen molar-refractivity contribution >= 4 is 11.7 Å². The molecule has 0 spiro atoms. The molecular weight excluding hydrogens is 192 g/mol. The van der Waals surface area contributed by atoms with E-state index in [1.165, 1.54) is 0 Å². The van der Waals surface area contributed by atoms with E-state index in [0.29, 0.717) is 6.54 Å². The van der Waals surface area contributed by atoms with Crippen LogP contribution >= 0.6 is 0 Å². The van der Waals surface area contributed by atoms with Gasteiger partial charge in [0.05, 0.1) is 5.41 Å². The van der Waals surface area contributed by atoms with Crippen molar-refractivity contribution in [3.8, 4) is 0 Å². The summed E-state index contributed by atoms with van der Waals surface area (Å²) in [4.78, 5) is 15.0. The fourth-order valence-corrected chi connectivity index (χ4v) is 1.81. The molecule has 0 bridgehead atoms. The molecule has 0 amide bonds. The summed E-state index contributed by atoms with van der Waals surface area (Å²) in [5, 5.41) is 12.3. The second kappa shape index (κ2) is 3.88. The highest BCUT2D eigenvalue weighted by Gasteiger charge is 2.44.